The van der Waals surface area contributed by atoms with Gasteiger partial charge in [-0.3, -0.25) is 14.3 Å². The second kappa shape index (κ2) is 7.16. The third-order valence-electron chi connectivity index (χ3n) is 4.71. The molecule has 28 heavy (non-hydrogen) atoms. The van der Waals surface area contributed by atoms with Gasteiger partial charge < -0.3 is 8.98 Å². The van der Waals surface area contributed by atoms with Crippen LogP contribution in [0.3, 0.4) is 0 Å². The molecule has 3 aromatic heterocycles. The molecular weight excluding hydrogens is 380 g/mol. The number of aromatic amines is 1. The average Bonchev–Trinajstić information content (AvgIpc) is 3.27. The first-order chi connectivity index (χ1) is 13.5. The van der Waals surface area contributed by atoms with Crippen molar-refractivity contribution in [3.63, 3.8) is 0 Å². The maximum Gasteiger partial charge on any atom is 0.330 e. The highest BCUT2D eigenvalue weighted by atomic mass is 35.5. The Morgan fingerprint density at radius 2 is 1.89 bits per heavy atom. The zero-order chi connectivity index (χ0) is 19.8. The molecule has 144 valence electrons. The Morgan fingerprint density at radius 1 is 1.14 bits per heavy atom. The summed E-state index contributed by atoms with van der Waals surface area (Å²) in [5.74, 6) is 1.56. The predicted octanol–water partition coefficient (Wildman–Crippen LogP) is 3.80. The van der Waals surface area contributed by atoms with Gasteiger partial charge >= 0.3 is 5.69 Å². The lowest BCUT2D eigenvalue weighted by Gasteiger charge is -2.04. The number of fused-ring (bicyclic) bond motifs is 1. The molecule has 0 atom stereocenters. The fraction of sp³-hybridized carbons (Fsp3) is 0.250. The van der Waals surface area contributed by atoms with Gasteiger partial charge in [-0.2, -0.15) is 0 Å². The van der Waals surface area contributed by atoms with Crippen LogP contribution in [0.25, 0.3) is 34.1 Å². The number of H-pyrrole nitrogens is 1. The van der Waals surface area contributed by atoms with Crippen LogP contribution in [0, 0.1) is 0 Å². The van der Waals surface area contributed by atoms with E-state index in [1.54, 1.807) is 23.7 Å². The monoisotopic (exact) mass is 398 g/mol. The lowest BCUT2D eigenvalue weighted by Crippen LogP contribution is -2.31. The lowest BCUT2D eigenvalue weighted by molar-refractivity contribution is 0.589. The Balaban J connectivity index is 1.88. The maximum atomic E-state index is 12.4. The summed E-state index contributed by atoms with van der Waals surface area (Å²) < 4.78 is 9.12. The Labute approximate surface area is 165 Å². The van der Waals surface area contributed by atoms with Crippen LogP contribution in [0.4, 0.5) is 0 Å². The fourth-order valence-electron chi connectivity index (χ4n) is 3.25. The molecule has 1 N–H and O–H groups in total. The minimum atomic E-state index is -0.466. The van der Waals surface area contributed by atoms with E-state index in [2.05, 4.69) is 9.97 Å². The van der Waals surface area contributed by atoms with Gasteiger partial charge in [0.2, 0.25) is 0 Å². The molecule has 7 nitrogen and oxygen atoms in total. The van der Waals surface area contributed by atoms with Crippen molar-refractivity contribution in [1.29, 1.82) is 0 Å². The summed E-state index contributed by atoms with van der Waals surface area (Å²) >= 11 is 6.25. The lowest BCUT2D eigenvalue weighted by atomic mass is 10.2. The number of imidazole rings is 1. The first-order valence-corrected chi connectivity index (χ1v) is 9.43. The molecule has 0 fully saturated rings. The topological polar surface area (TPSA) is 85.8 Å². The minimum absolute atomic E-state index is 0.335. The number of aromatic nitrogens is 4. The Hall–Kier alpha value is -3.06. The molecular formula is C20H19ClN4O3. The van der Waals surface area contributed by atoms with Crippen LogP contribution < -0.4 is 11.2 Å². The summed E-state index contributed by atoms with van der Waals surface area (Å²) in [6.45, 7) is 2.53. The molecule has 0 unspecified atom stereocenters. The van der Waals surface area contributed by atoms with Crippen molar-refractivity contribution >= 4 is 22.8 Å². The number of halogens is 1. The predicted molar refractivity (Wildman–Crippen MR) is 109 cm³/mol. The second-order valence-corrected chi connectivity index (χ2v) is 6.98. The van der Waals surface area contributed by atoms with Crippen molar-refractivity contribution in [2.75, 3.05) is 0 Å². The van der Waals surface area contributed by atoms with Crippen molar-refractivity contribution in [2.45, 2.75) is 26.3 Å². The van der Waals surface area contributed by atoms with E-state index in [4.69, 9.17) is 16.0 Å². The average molecular weight is 399 g/mol. The highest BCUT2D eigenvalue weighted by Crippen LogP contribution is 2.32. The van der Waals surface area contributed by atoms with Crippen molar-refractivity contribution < 1.29 is 4.42 Å². The van der Waals surface area contributed by atoms with Crippen molar-refractivity contribution in [3.8, 4) is 22.9 Å². The van der Waals surface area contributed by atoms with Crippen molar-refractivity contribution in [1.82, 2.24) is 19.1 Å². The van der Waals surface area contributed by atoms with Crippen molar-refractivity contribution in [3.05, 3.63) is 62.3 Å². The molecule has 0 radical (unpaired) electrons. The summed E-state index contributed by atoms with van der Waals surface area (Å²) in [6, 6.07) is 11.0. The van der Waals surface area contributed by atoms with E-state index in [0.29, 0.717) is 40.1 Å². The quantitative estimate of drug-likeness (QED) is 0.554. The van der Waals surface area contributed by atoms with Gasteiger partial charge in [-0.25, -0.2) is 9.78 Å². The Bertz CT molecular complexity index is 1280. The standard InChI is InChI=1S/C20H19ClN4O3/c1-3-4-11-25-18-16(19(26)23-20(25)27)24(2)17(22-18)15-10-9-14(28-15)12-7-5-6-8-13(12)21/h5-10H,3-4,11H2,1-2H3,(H,23,26,27). The molecule has 0 saturated heterocycles. The van der Waals surface area contributed by atoms with Gasteiger partial charge in [0, 0.05) is 19.2 Å². The molecule has 0 amide bonds. The Kier molecular flexibility index (Phi) is 4.68. The molecule has 8 heteroatoms. The minimum Gasteiger partial charge on any atom is -0.453 e. The normalized spacial score (nSPS) is 11.4. The van der Waals surface area contributed by atoms with Gasteiger partial charge in [-0.15, -0.1) is 0 Å². The fourth-order valence-corrected chi connectivity index (χ4v) is 3.48. The zero-order valence-electron chi connectivity index (χ0n) is 15.5. The SMILES string of the molecule is CCCCn1c(=O)[nH]c(=O)c2c1nc(-c1ccc(-c3ccccc3Cl)o1)n2C. The zero-order valence-corrected chi connectivity index (χ0v) is 16.3. The highest BCUT2D eigenvalue weighted by molar-refractivity contribution is 6.33. The molecule has 1 aromatic carbocycles. The summed E-state index contributed by atoms with van der Waals surface area (Å²) in [6.07, 6.45) is 1.73. The molecule has 0 aliphatic carbocycles. The van der Waals surface area contributed by atoms with Crippen LogP contribution in [0.1, 0.15) is 19.8 Å². The number of benzene rings is 1. The maximum absolute atomic E-state index is 12.4. The van der Waals surface area contributed by atoms with Crippen LogP contribution in [-0.2, 0) is 13.6 Å². The van der Waals surface area contributed by atoms with E-state index >= 15 is 0 Å². The number of nitrogens with one attached hydrogen (secondary N) is 1. The van der Waals surface area contributed by atoms with Crippen LogP contribution >= 0.6 is 11.6 Å². The first-order valence-electron chi connectivity index (χ1n) is 9.06. The Morgan fingerprint density at radius 3 is 2.64 bits per heavy atom. The largest absolute Gasteiger partial charge is 0.453 e. The van der Waals surface area contributed by atoms with Crippen LogP contribution in [0.15, 0.2) is 50.4 Å². The molecule has 0 saturated carbocycles. The molecule has 3 heterocycles. The van der Waals surface area contributed by atoms with Gasteiger partial charge in [0.15, 0.2) is 22.7 Å². The molecule has 0 aliphatic rings. The summed E-state index contributed by atoms with van der Waals surface area (Å²) in [5.41, 5.74) is 0.544. The van der Waals surface area contributed by atoms with E-state index < -0.39 is 11.2 Å². The first kappa shape index (κ1) is 18.3. The van der Waals surface area contributed by atoms with Crippen LogP contribution in [-0.4, -0.2) is 19.1 Å². The third kappa shape index (κ3) is 2.97. The molecule has 4 rings (SSSR count). The molecule has 0 spiro atoms. The summed E-state index contributed by atoms with van der Waals surface area (Å²) in [4.78, 5) is 31.6. The van der Waals surface area contributed by atoms with E-state index in [0.717, 1.165) is 18.4 Å². The summed E-state index contributed by atoms with van der Waals surface area (Å²) in [7, 11) is 1.73. The van der Waals surface area contributed by atoms with Gasteiger partial charge in [0.25, 0.3) is 5.56 Å². The molecule has 4 aromatic rings. The number of nitrogens with zero attached hydrogens (tertiary/aromatic N) is 3. The number of unbranched alkanes of at least 4 members (excludes halogenated alkanes) is 1. The number of aryl methyl sites for hydroxylation is 2. The number of hydrogen-bond donors (Lipinski definition) is 1. The smallest absolute Gasteiger partial charge is 0.330 e. The van der Waals surface area contributed by atoms with E-state index in [-0.39, 0.29) is 0 Å². The molecule has 0 aliphatic heterocycles. The van der Waals surface area contributed by atoms with Crippen LogP contribution in [0.5, 0.6) is 0 Å². The second-order valence-electron chi connectivity index (χ2n) is 6.57. The van der Waals surface area contributed by atoms with Crippen LogP contribution in [0.2, 0.25) is 5.02 Å². The van der Waals surface area contributed by atoms with E-state index in [1.807, 2.05) is 31.2 Å². The number of hydrogen-bond acceptors (Lipinski definition) is 4. The van der Waals surface area contributed by atoms with Gasteiger partial charge in [-0.05, 0) is 30.7 Å². The summed E-state index contributed by atoms with van der Waals surface area (Å²) in [5, 5.41) is 0.582. The number of furan rings is 1. The van der Waals surface area contributed by atoms with E-state index in [1.165, 1.54) is 4.57 Å². The van der Waals surface area contributed by atoms with Gasteiger partial charge in [0.05, 0.1) is 5.02 Å². The molecule has 0 bridgehead atoms. The van der Waals surface area contributed by atoms with Crippen molar-refractivity contribution in [2.24, 2.45) is 7.05 Å². The number of rotatable bonds is 5. The van der Waals surface area contributed by atoms with E-state index in [9.17, 15) is 9.59 Å². The van der Waals surface area contributed by atoms with Gasteiger partial charge in [-0.1, -0.05) is 37.1 Å². The third-order valence-corrected chi connectivity index (χ3v) is 5.04. The van der Waals surface area contributed by atoms with Gasteiger partial charge in [0.1, 0.15) is 5.76 Å². The highest BCUT2D eigenvalue weighted by Gasteiger charge is 2.20.